The normalized spacial score (nSPS) is 14.6. The molecule has 0 amide bonds. The van der Waals surface area contributed by atoms with Gasteiger partial charge in [0.15, 0.2) is 5.82 Å². The van der Waals surface area contributed by atoms with Crippen LogP contribution in [0.1, 0.15) is 19.7 Å². The summed E-state index contributed by atoms with van der Waals surface area (Å²) in [6.45, 7) is 6.92. The van der Waals surface area contributed by atoms with Crippen LogP contribution in [0.3, 0.4) is 0 Å². The molecule has 2 heterocycles. The SMILES string of the molecule is CC.CN1CCn2c(nnc2-c2ccccc2)C1. The molecule has 0 unspecified atom stereocenters. The molecule has 18 heavy (non-hydrogen) atoms. The highest BCUT2D eigenvalue weighted by atomic mass is 15.3. The van der Waals surface area contributed by atoms with Gasteiger partial charge in [-0.15, -0.1) is 10.2 Å². The van der Waals surface area contributed by atoms with Gasteiger partial charge >= 0.3 is 0 Å². The van der Waals surface area contributed by atoms with Gasteiger partial charge in [-0.05, 0) is 7.05 Å². The maximum Gasteiger partial charge on any atom is 0.164 e. The van der Waals surface area contributed by atoms with E-state index in [-0.39, 0.29) is 0 Å². The van der Waals surface area contributed by atoms with Gasteiger partial charge in [0.2, 0.25) is 0 Å². The third-order valence-electron chi connectivity index (χ3n) is 2.98. The number of fused-ring (bicyclic) bond motifs is 1. The van der Waals surface area contributed by atoms with Crippen LogP contribution in [0.5, 0.6) is 0 Å². The molecule has 0 aliphatic carbocycles. The molecule has 96 valence electrons. The largest absolute Gasteiger partial charge is 0.309 e. The molecule has 2 aromatic rings. The molecule has 1 aliphatic heterocycles. The summed E-state index contributed by atoms with van der Waals surface area (Å²) in [5.41, 5.74) is 1.14. The highest BCUT2D eigenvalue weighted by Crippen LogP contribution is 2.20. The zero-order chi connectivity index (χ0) is 13.0. The van der Waals surface area contributed by atoms with Gasteiger partial charge in [0.05, 0.1) is 6.54 Å². The minimum Gasteiger partial charge on any atom is -0.309 e. The van der Waals surface area contributed by atoms with E-state index in [1.54, 1.807) is 0 Å². The van der Waals surface area contributed by atoms with Gasteiger partial charge in [0.25, 0.3) is 0 Å². The lowest BCUT2D eigenvalue weighted by Crippen LogP contribution is -2.30. The predicted octanol–water partition coefficient (Wildman–Crippen LogP) is 2.42. The van der Waals surface area contributed by atoms with Crippen molar-refractivity contribution >= 4 is 0 Å². The van der Waals surface area contributed by atoms with Gasteiger partial charge in [-0.1, -0.05) is 44.2 Å². The van der Waals surface area contributed by atoms with Gasteiger partial charge < -0.3 is 4.57 Å². The fraction of sp³-hybridized carbons (Fsp3) is 0.429. The molecule has 0 spiro atoms. The van der Waals surface area contributed by atoms with Crippen molar-refractivity contribution in [3.63, 3.8) is 0 Å². The highest BCUT2D eigenvalue weighted by Gasteiger charge is 2.19. The summed E-state index contributed by atoms with van der Waals surface area (Å²) in [6.07, 6.45) is 0. The van der Waals surface area contributed by atoms with Crippen LogP contribution in [-0.2, 0) is 13.1 Å². The number of hydrogen-bond acceptors (Lipinski definition) is 3. The second-order valence-electron chi connectivity index (χ2n) is 4.20. The molecule has 4 nitrogen and oxygen atoms in total. The highest BCUT2D eigenvalue weighted by molar-refractivity contribution is 5.55. The lowest BCUT2D eigenvalue weighted by Gasteiger charge is -2.23. The number of likely N-dealkylation sites (N-methyl/N-ethyl adjacent to an activating group) is 1. The number of benzene rings is 1. The van der Waals surface area contributed by atoms with Gasteiger partial charge in [-0.25, -0.2) is 0 Å². The molecule has 3 rings (SSSR count). The summed E-state index contributed by atoms with van der Waals surface area (Å²) >= 11 is 0. The van der Waals surface area contributed by atoms with E-state index < -0.39 is 0 Å². The van der Waals surface area contributed by atoms with E-state index in [1.807, 2.05) is 32.0 Å². The van der Waals surface area contributed by atoms with E-state index in [0.29, 0.717) is 0 Å². The smallest absolute Gasteiger partial charge is 0.164 e. The summed E-state index contributed by atoms with van der Waals surface area (Å²) in [6, 6.07) is 10.2. The molecule has 0 fully saturated rings. The summed E-state index contributed by atoms with van der Waals surface area (Å²) in [5, 5.41) is 8.54. The van der Waals surface area contributed by atoms with Crippen molar-refractivity contribution in [2.75, 3.05) is 13.6 Å². The molecular weight excluding hydrogens is 224 g/mol. The van der Waals surface area contributed by atoms with Gasteiger partial charge in [0.1, 0.15) is 5.82 Å². The van der Waals surface area contributed by atoms with E-state index in [9.17, 15) is 0 Å². The van der Waals surface area contributed by atoms with E-state index >= 15 is 0 Å². The quantitative estimate of drug-likeness (QED) is 0.772. The summed E-state index contributed by atoms with van der Waals surface area (Å²) in [7, 11) is 2.11. The Kier molecular flexibility index (Phi) is 4.10. The first-order valence-corrected chi connectivity index (χ1v) is 6.50. The summed E-state index contributed by atoms with van der Waals surface area (Å²) in [4.78, 5) is 2.26. The van der Waals surface area contributed by atoms with Crippen LogP contribution in [0.15, 0.2) is 30.3 Å². The summed E-state index contributed by atoms with van der Waals surface area (Å²) < 4.78 is 2.22. The maximum atomic E-state index is 4.29. The van der Waals surface area contributed by atoms with E-state index in [4.69, 9.17) is 0 Å². The predicted molar refractivity (Wildman–Crippen MR) is 73.1 cm³/mol. The van der Waals surface area contributed by atoms with Gasteiger partial charge in [0, 0.05) is 18.7 Å². The van der Waals surface area contributed by atoms with Crippen LogP contribution in [-0.4, -0.2) is 33.3 Å². The van der Waals surface area contributed by atoms with Crippen molar-refractivity contribution in [2.24, 2.45) is 0 Å². The van der Waals surface area contributed by atoms with Gasteiger partial charge in [-0.3, -0.25) is 4.90 Å². The average molecular weight is 244 g/mol. The second-order valence-corrected chi connectivity index (χ2v) is 4.20. The first-order valence-electron chi connectivity index (χ1n) is 6.50. The van der Waals surface area contributed by atoms with Crippen LogP contribution in [0.2, 0.25) is 0 Å². The van der Waals surface area contributed by atoms with Crippen molar-refractivity contribution in [1.29, 1.82) is 0 Å². The zero-order valence-electron chi connectivity index (χ0n) is 11.3. The molecule has 0 radical (unpaired) electrons. The van der Waals surface area contributed by atoms with Crippen LogP contribution in [0.4, 0.5) is 0 Å². The Balaban J connectivity index is 0.000000574. The molecule has 1 aromatic carbocycles. The van der Waals surface area contributed by atoms with E-state index in [1.165, 1.54) is 0 Å². The van der Waals surface area contributed by atoms with Crippen molar-refractivity contribution in [2.45, 2.75) is 26.9 Å². The molecule has 1 aromatic heterocycles. The molecule has 1 aliphatic rings. The maximum absolute atomic E-state index is 4.29. The Bertz CT molecular complexity index is 490. The van der Waals surface area contributed by atoms with Crippen molar-refractivity contribution in [3.05, 3.63) is 36.2 Å². The van der Waals surface area contributed by atoms with Crippen LogP contribution < -0.4 is 0 Å². The fourth-order valence-electron chi connectivity index (χ4n) is 2.08. The Labute approximate surface area is 108 Å². The lowest BCUT2D eigenvalue weighted by molar-refractivity contribution is 0.265. The van der Waals surface area contributed by atoms with Crippen molar-refractivity contribution < 1.29 is 0 Å². The molecule has 0 saturated carbocycles. The number of hydrogen-bond donors (Lipinski definition) is 0. The lowest BCUT2D eigenvalue weighted by atomic mass is 10.2. The Hall–Kier alpha value is -1.68. The first-order chi connectivity index (χ1) is 8.84. The molecule has 0 bridgehead atoms. The molecule has 4 heteroatoms. The molecule has 0 atom stereocenters. The Morgan fingerprint density at radius 3 is 2.44 bits per heavy atom. The second kappa shape index (κ2) is 5.78. The topological polar surface area (TPSA) is 34.0 Å². The van der Waals surface area contributed by atoms with E-state index in [2.05, 4.69) is 38.8 Å². The van der Waals surface area contributed by atoms with Crippen molar-refractivity contribution in [1.82, 2.24) is 19.7 Å². The third-order valence-corrected chi connectivity index (χ3v) is 2.98. The number of rotatable bonds is 1. The van der Waals surface area contributed by atoms with E-state index in [0.717, 1.165) is 36.8 Å². The van der Waals surface area contributed by atoms with Crippen LogP contribution in [0.25, 0.3) is 11.4 Å². The van der Waals surface area contributed by atoms with Crippen LogP contribution >= 0.6 is 0 Å². The first kappa shape index (κ1) is 12.8. The Morgan fingerprint density at radius 2 is 1.72 bits per heavy atom. The monoisotopic (exact) mass is 244 g/mol. The number of nitrogens with zero attached hydrogens (tertiary/aromatic N) is 4. The minimum absolute atomic E-state index is 0.889. The fourth-order valence-corrected chi connectivity index (χ4v) is 2.08. The average Bonchev–Trinajstić information content (AvgIpc) is 2.85. The van der Waals surface area contributed by atoms with Gasteiger partial charge in [-0.2, -0.15) is 0 Å². The minimum atomic E-state index is 0.889. The molecule has 0 saturated heterocycles. The molecule has 0 N–H and O–H groups in total. The summed E-state index contributed by atoms with van der Waals surface area (Å²) in [5.74, 6) is 2.05. The van der Waals surface area contributed by atoms with Crippen LogP contribution in [0, 0.1) is 0 Å². The van der Waals surface area contributed by atoms with Crippen molar-refractivity contribution in [3.8, 4) is 11.4 Å². The number of aromatic nitrogens is 3. The standard InChI is InChI=1S/C12H14N4.C2H6/c1-15-7-8-16-11(9-15)13-14-12(16)10-5-3-2-4-6-10;1-2/h2-6H,7-9H2,1H3;1-2H3. The Morgan fingerprint density at radius 1 is 1.00 bits per heavy atom. The third kappa shape index (κ3) is 2.43. The molecular formula is C14H20N4. The zero-order valence-corrected chi connectivity index (χ0v) is 11.3.